The summed E-state index contributed by atoms with van der Waals surface area (Å²) in [6.45, 7) is 1.92. The van der Waals surface area contributed by atoms with Crippen LogP contribution in [0.15, 0.2) is 0 Å². The molecule has 2 heteroatoms. The highest BCUT2D eigenvalue weighted by Gasteiger charge is 2.35. The van der Waals surface area contributed by atoms with Gasteiger partial charge in [0.15, 0.2) is 0 Å². The minimum Gasteiger partial charge on any atom is -0.380 e. The van der Waals surface area contributed by atoms with Crippen molar-refractivity contribution >= 4 is 0 Å². The van der Waals surface area contributed by atoms with E-state index in [2.05, 4.69) is 5.32 Å². The van der Waals surface area contributed by atoms with Crippen molar-refractivity contribution in [1.82, 2.24) is 5.32 Å². The van der Waals surface area contributed by atoms with Crippen LogP contribution in [0, 0.1) is 11.8 Å². The molecule has 2 nitrogen and oxygen atoms in total. The molecule has 0 amide bonds. The van der Waals surface area contributed by atoms with Crippen LogP contribution in [0.4, 0.5) is 0 Å². The lowest BCUT2D eigenvalue weighted by Crippen LogP contribution is -2.41. The van der Waals surface area contributed by atoms with Crippen molar-refractivity contribution < 1.29 is 4.74 Å². The number of nitrogens with one attached hydrogen (secondary N) is 1. The molecule has 1 N–H and O–H groups in total. The molecule has 0 aromatic rings. The highest BCUT2D eigenvalue weighted by molar-refractivity contribution is 4.89. The molecule has 3 unspecified atom stereocenters. The van der Waals surface area contributed by atoms with E-state index in [9.17, 15) is 0 Å². The summed E-state index contributed by atoms with van der Waals surface area (Å²) in [6.07, 6.45) is 10.1. The summed E-state index contributed by atoms with van der Waals surface area (Å²) < 4.78 is 5.42. The zero-order valence-electron chi connectivity index (χ0n) is 9.58. The molecule has 1 heterocycles. The number of hydrogen-bond donors (Lipinski definition) is 1. The predicted octanol–water partition coefficient (Wildman–Crippen LogP) is 2.33. The van der Waals surface area contributed by atoms with Gasteiger partial charge in [-0.2, -0.15) is 0 Å². The van der Waals surface area contributed by atoms with Crippen molar-refractivity contribution in [2.24, 2.45) is 11.8 Å². The third-order valence-corrected chi connectivity index (χ3v) is 4.40. The van der Waals surface area contributed by atoms with Gasteiger partial charge in [0.1, 0.15) is 0 Å². The molecule has 3 aliphatic rings. The highest BCUT2D eigenvalue weighted by Crippen LogP contribution is 2.43. The molecule has 1 saturated heterocycles. The maximum atomic E-state index is 5.42. The standard InChI is InChI=1S/C13H23NO/c1-2-11(10-4-5-10)8-12(3-1)14-13-6-7-15-9-13/h10-14H,1-9H2. The Hall–Kier alpha value is -0.0800. The second kappa shape index (κ2) is 4.42. The molecule has 2 aliphatic carbocycles. The SMILES string of the molecule is C1CC(NC2CCOC2)CC(C2CC2)C1. The monoisotopic (exact) mass is 209 g/mol. The smallest absolute Gasteiger partial charge is 0.0620 e. The summed E-state index contributed by atoms with van der Waals surface area (Å²) in [4.78, 5) is 0. The number of hydrogen-bond acceptors (Lipinski definition) is 2. The minimum atomic E-state index is 0.660. The normalized spacial score (nSPS) is 42.0. The van der Waals surface area contributed by atoms with Crippen LogP contribution >= 0.6 is 0 Å². The van der Waals surface area contributed by atoms with Crippen LogP contribution in [0.5, 0.6) is 0 Å². The fraction of sp³-hybridized carbons (Fsp3) is 1.00. The summed E-state index contributed by atoms with van der Waals surface area (Å²) >= 11 is 0. The number of ether oxygens (including phenoxy) is 1. The third kappa shape index (κ3) is 2.54. The summed E-state index contributed by atoms with van der Waals surface area (Å²) in [7, 11) is 0. The van der Waals surface area contributed by atoms with Gasteiger partial charge < -0.3 is 10.1 Å². The van der Waals surface area contributed by atoms with Gasteiger partial charge in [-0.3, -0.25) is 0 Å². The molecule has 3 atom stereocenters. The first kappa shape index (κ1) is 10.1. The van der Waals surface area contributed by atoms with Crippen molar-refractivity contribution in [1.29, 1.82) is 0 Å². The largest absolute Gasteiger partial charge is 0.380 e. The van der Waals surface area contributed by atoms with E-state index < -0.39 is 0 Å². The Bertz CT molecular complexity index is 207. The second-order valence-electron chi connectivity index (χ2n) is 5.69. The van der Waals surface area contributed by atoms with Gasteiger partial charge in [0.25, 0.3) is 0 Å². The molecule has 15 heavy (non-hydrogen) atoms. The molecule has 3 rings (SSSR count). The first-order valence-electron chi connectivity index (χ1n) is 6.75. The van der Waals surface area contributed by atoms with Gasteiger partial charge in [-0.15, -0.1) is 0 Å². The van der Waals surface area contributed by atoms with E-state index >= 15 is 0 Å². The van der Waals surface area contributed by atoms with Crippen molar-refractivity contribution in [3.63, 3.8) is 0 Å². The van der Waals surface area contributed by atoms with Crippen LogP contribution in [0.2, 0.25) is 0 Å². The molecule has 3 fully saturated rings. The first-order valence-corrected chi connectivity index (χ1v) is 6.75. The fourth-order valence-electron chi connectivity index (χ4n) is 3.37. The van der Waals surface area contributed by atoms with Crippen molar-refractivity contribution in [3.8, 4) is 0 Å². The molecule has 0 aromatic carbocycles. The molecular formula is C13H23NO. The predicted molar refractivity (Wildman–Crippen MR) is 60.8 cm³/mol. The minimum absolute atomic E-state index is 0.660. The number of rotatable bonds is 3. The quantitative estimate of drug-likeness (QED) is 0.770. The van der Waals surface area contributed by atoms with Gasteiger partial charge in [0, 0.05) is 18.7 Å². The zero-order chi connectivity index (χ0) is 10.1. The molecule has 2 saturated carbocycles. The Kier molecular flexibility index (Phi) is 2.98. The van der Waals surface area contributed by atoms with Crippen LogP contribution < -0.4 is 5.32 Å². The van der Waals surface area contributed by atoms with Crippen LogP contribution in [-0.2, 0) is 4.74 Å². The third-order valence-electron chi connectivity index (χ3n) is 4.40. The Balaban J connectivity index is 1.47. The molecule has 0 spiro atoms. The lowest BCUT2D eigenvalue weighted by molar-refractivity contribution is 0.181. The molecule has 1 aliphatic heterocycles. The lowest BCUT2D eigenvalue weighted by atomic mass is 9.82. The molecule has 0 aromatic heterocycles. The average Bonchev–Trinajstić information content (AvgIpc) is 3.00. The second-order valence-corrected chi connectivity index (χ2v) is 5.69. The van der Waals surface area contributed by atoms with E-state index in [4.69, 9.17) is 4.74 Å². The van der Waals surface area contributed by atoms with E-state index in [-0.39, 0.29) is 0 Å². The van der Waals surface area contributed by atoms with E-state index in [1.807, 2.05) is 0 Å². The zero-order valence-corrected chi connectivity index (χ0v) is 9.58. The van der Waals surface area contributed by atoms with E-state index in [1.165, 1.54) is 44.9 Å². The molecule has 0 bridgehead atoms. The van der Waals surface area contributed by atoms with Gasteiger partial charge >= 0.3 is 0 Å². The fourth-order valence-corrected chi connectivity index (χ4v) is 3.37. The average molecular weight is 209 g/mol. The molecular weight excluding hydrogens is 186 g/mol. The first-order chi connectivity index (χ1) is 7.42. The lowest BCUT2D eigenvalue weighted by Gasteiger charge is -2.31. The Morgan fingerprint density at radius 3 is 2.53 bits per heavy atom. The van der Waals surface area contributed by atoms with Crippen LogP contribution in [0.1, 0.15) is 44.9 Å². The van der Waals surface area contributed by atoms with Gasteiger partial charge in [0.2, 0.25) is 0 Å². The summed E-state index contributed by atoms with van der Waals surface area (Å²) in [5.41, 5.74) is 0. The van der Waals surface area contributed by atoms with Gasteiger partial charge in [-0.1, -0.05) is 12.8 Å². The van der Waals surface area contributed by atoms with Gasteiger partial charge in [-0.05, 0) is 43.9 Å². The van der Waals surface area contributed by atoms with Crippen molar-refractivity contribution in [2.75, 3.05) is 13.2 Å². The maximum absolute atomic E-state index is 5.42. The molecule has 86 valence electrons. The Labute approximate surface area is 92.8 Å². The highest BCUT2D eigenvalue weighted by atomic mass is 16.5. The topological polar surface area (TPSA) is 21.3 Å². The molecule has 0 radical (unpaired) electrons. The Morgan fingerprint density at radius 2 is 1.80 bits per heavy atom. The van der Waals surface area contributed by atoms with Crippen LogP contribution in [-0.4, -0.2) is 25.3 Å². The summed E-state index contributed by atoms with van der Waals surface area (Å²) in [6, 6.07) is 1.46. The Morgan fingerprint density at radius 1 is 0.867 bits per heavy atom. The summed E-state index contributed by atoms with van der Waals surface area (Å²) in [5.74, 6) is 2.16. The maximum Gasteiger partial charge on any atom is 0.0620 e. The van der Waals surface area contributed by atoms with Gasteiger partial charge in [0.05, 0.1) is 6.61 Å². The van der Waals surface area contributed by atoms with E-state index in [0.717, 1.165) is 31.1 Å². The van der Waals surface area contributed by atoms with E-state index in [1.54, 1.807) is 0 Å². The van der Waals surface area contributed by atoms with Crippen molar-refractivity contribution in [3.05, 3.63) is 0 Å². The van der Waals surface area contributed by atoms with Crippen LogP contribution in [0.3, 0.4) is 0 Å². The van der Waals surface area contributed by atoms with Crippen LogP contribution in [0.25, 0.3) is 0 Å². The van der Waals surface area contributed by atoms with Crippen molar-refractivity contribution in [2.45, 2.75) is 57.0 Å². The van der Waals surface area contributed by atoms with E-state index in [0.29, 0.717) is 6.04 Å². The summed E-state index contributed by atoms with van der Waals surface area (Å²) in [5, 5.41) is 3.81. The van der Waals surface area contributed by atoms with Gasteiger partial charge in [-0.25, -0.2) is 0 Å².